The van der Waals surface area contributed by atoms with E-state index in [0.717, 1.165) is 32.4 Å². The van der Waals surface area contributed by atoms with Gasteiger partial charge in [0.1, 0.15) is 5.82 Å². The van der Waals surface area contributed by atoms with E-state index in [0.29, 0.717) is 5.69 Å². The van der Waals surface area contributed by atoms with Crippen LogP contribution in [0.15, 0.2) is 30.4 Å². The molecule has 1 amide bonds. The number of nitrogens with zero attached hydrogens (tertiary/aromatic N) is 2. The second-order valence-electron chi connectivity index (χ2n) is 5.91. The van der Waals surface area contributed by atoms with Gasteiger partial charge in [-0.15, -0.1) is 0 Å². The lowest BCUT2D eigenvalue weighted by molar-refractivity contribution is -0.116. The van der Waals surface area contributed by atoms with Crippen LogP contribution in [0.1, 0.15) is 19.3 Å². The van der Waals surface area contributed by atoms with Crippen molar-refractivity contribution < 1.29 is 9.18 Å². The number of benzene rings is 1. The molecule has 1 aromatic carbocycles. The summed E-state index contributed by atoms with van der Waals surface area (Å²) in [5.74, 6) is -0.563. The maximum atomic E-state index is 13.8. The zero-order valence-electron chi connectivity index (χ0n) is 12.0. The van der Waals surface area contributed by atoms with E-state index >= 15 is 0 Å². The number of hydrogen-bond donors (Lipinski definition) is 0. The van der Waals surface area contributed by atoms with Crippen LogP contribution in [0.2, 0.25) is 5.02 Å². The van der Waals surface area contributed by atoms with Gasteiger partial charge >= 0.3 is 0 Å². The normalized spacial score (nSPS) is 22.0. The highest BCUT2D eigenvalue weighted by molar-refractivity contribution is 6.30. The number of carbonyl (C=O) groups is 1. The van der Waals surface area contributed by atoms with Gasteiger partial charge < -0.3 is 9.80 Å². The minimum Gasteiger partial charge on any atom is -0.306 e. The lowest BCUT2D eigenvalue weighted by Gasteiger charge is -2.49. The first-order valence-corrected chi connectivity index (χ1v) is 7.54. The molecule has 0 unspecified atom stereocenters. The summed E-state index contributed by atoms with van der Waals surface area (Å²) in [4.78, 5) is 16.4. The third kappa shape index (κ3) is 2.58. The van der Waals surface area contributed by atoms with Crippen molar-refractivity contribution in [3.8, 4) is 0 Å². The van der Waals surface area contributed by atoms with Gasteiger partial charge in [-0.1, -0.05) is 17.7 Å². The maximum absolute atomic E-state index is 13.8. The zero-order chi connectivity index (χ0) is 15.0. The first-order chi connectivity index (χ1) is 10.0. The van der Waals surface area contributed by atoms with Crippen molar-refractivity contribution in [2.24, 2.45) is 0 Å². The molecule has 2 aliphatic heterocycles. The topological polar surface area (TPSA) is 23.6 Å². The largest absolute Gasteiger partial charge is 0.306 e. The van der Waals surface area contributed by atoms with Gasteiger partial charge in [0.15, 0.2) is 0 Å². The highest BCUT2D eigenvalue weighted by atomic mass is 35.5. The molecule has 0 radical (unpaired) electrons. The predicted molar refractivity (Wildman–Crippen MR) is 82.1 cm³/mol. The van der Waals surface area contributed by atoms with E-state index in [2.05, 4.69) is 11.9 Å². The molecule has 1 spiro atoms. The van der Waals surface area contributed by atoms with Crippen LogP contribution in [0.5, 0.6) is 0 Å². The molecule has 0 saturated carbocycles. The van der Waals surface area contributed by atoms with Crippen LogP contribution in [0, 0.1) is 5.82 Å². The molecule has 2 heterocycles. The summed E-state index contributed by atoms with van der Waals surface area (Å²) in [5, 5.41) is 0.0798. The van der Waals surface area contributed by atoms with E-state index in [1.165, 1.54) is 12.1 Å². The van der Waals surface area contributed by atoms with Crippen molar-refractivity contribution in [3.63, 3.8) is 0 Å². The Labute approximate surface area is 129 Å². The van der Waals surface area contributed by atoms with Crippen LogP contribution in [0.4, 0.5) is 10.1 Å². The third-order valence-electron chi connectivity index (χ3n) is 4.53. The fraction of sp³-hybridized carbons (Fsp3) is 0.438. The highest BCUT2D eigenvalue weighted by Crippen LogP contribution is 2.39. The number of anilines is 1. The van der Waals surface area contributed by atoms with Crippen LogP contribution < -0.4 is 4.90 Å². The second kappa shape index (κ2) is 5.43. The van der Waals surface area contributed by atoms with Crippen molar-refractivity contribution in [1.29, 1.82) is 0 Å². The molecule has 2 aliphatic rings. The SMILES string of the molecule is CN1CCC2(CC=CC(=O)N2c2ccc(Cl)c(F)c2)CC1. The van der Waals surface area contributed by atoms with E-state index in [1.807, 2.05) is 6.08 Å². The summed E-state index contributed by atoms with van der Waals surface area (Å²) in [7, 11) is 2.08. The van der Waals surface area contributed by atoms with Gasteiger partial charge in [-0.2, -0.15) is 0 Å². The van der Waals surface area contributed by atoms with Gasteiger partial charge in [-0.3, -0.25) is 4.79 Å². The van der Waals surface area contributed by atoms with Crippen LogP contribution in [0.3, 0.4) is 0 Å². The number of rotatable bonds is 1. The van der Waals surface area contributed by atoms with E-state index in [4.69, 9.17) is 11.6 Å². The minimum atomic E-state index is -0.486. The van der Waals surface area contributed by atoms with Crippen molar-refractivity contribution >= 4 is 23.2 Å². The van der Waals surface area contributed by atoms with Crippen LogP contribution in [0.25, 0.3) is 0 Å². The minimum absolute atomic E-state index is 0.0764. The summed E-state index contributed by atoms with van der Waals surface area (Å²) in [6.45, 7) is 1.88. The molecule has 1 aromatic rings. The number of amides is 1. The summed E-state index contributed by atoms with van der Waals surface area (Å²) < 4.78 is 13.8. The summed E-state index contributed by atoms with van der Waals surface area (Å²) in [6.07, 6.45) is 6.12. The van der Waals surface area contributed by atoms with E-state index in [-0.39, 0.29) is 16.5 Å². The van der Waals surface area contributed by atoms with Crippen molar-refractivity contribution in [3.05, 3.63) is 41.2 Å². The third-order valence-corrected chi connectivity index (χ3v) is 4.84. The molecule has 5 heteroatoms. The average Bonchev–Trinajstić information content (AvgIpc) is 2.46. The Bertz CT molecular complexity index is 594. The van der Waals surface area contributed by atoms with E-state index in [1.54, 1.807) is 17.0 Å². The van der Waals surface area contributed by atoms with Gasteiger partial charge in [0, 0.05) is 18.8 Å². The number of piperidine rings is 1. The first kappa shape index (κ1) is 14.5. The number of halogens is 2. The first-order valence-electron chi connectivity index (χ1n) is 7.16. The monoisotopic (exact) mass is 308 g/mol. The fourth-order valence-corrected chi connectivity index (χ4v) is 3.38. The molecular formula is C16H18ClFN2O. The Balaban J connectivity index is 2.01. The van der Waals surface area contributed by atoms with Crippen molar-refractivity contribution in [1.82, 2.24) is 4.90 Å². The number of likely N-dealkylation sites (tertiary alicyclic amines) is 1. The molecule has 1 fully saturated rings. The molecule has 0 atom stereocenters. The molecule has 3 rings (SSSR count). The lowest BCUT2D eigenvalue weighted by atomic mass is 9.80. The predicted octanol–water partition coefficient (Wildman–Crippen LogP) is 3.24. The molecule has 21 heavy (non-hydrogen) atoms. The number of carbonyl (C=O) groups excluding carboxylic acids is 1. The van der Waals surface area contributed by atoms with E-state index in [9.17, 15) is 9.18 Å². The molecule has 1 saturated heterocycles. The Morgan fingerprint density at radius 2 is 2.00 bits per heavy atom. The lowest BCUT2D eigenvalue weighted by Crippen LogP contribution is -2.58. The highest BCUT2D eigenvalue weighted by Gasteiger charge is 2.43. The van der Waals surface area contributed by atoms with Gasteiger partial charge in [0.2, 0.25) is 0 Å². The molecule has 0 aliphatic carbocycles. The molecule has 0 aromatic heterocycles. The van der Waals surface area contributed by atoms with Gasteiger partial charge in [-0.05, 0) is 50.6 Å². The Morgan fingerprint density at radius 3 is 2.67 bits per heavy atom. The fourth-order valence-electron chi connectivity index (χ4n) is 3.27. The van der Waals surface area contributed by atoms with Crippen LogP contribution in [-0.4, -0.2) is 36.5 Å². The Hall–Kier alpha value is -1.39. The van der Waals surface area contributed by atoms with E-state index < -0.39 is 5.82 Å². The van der Waals surface area contributed by atoms with Crippen LogP contribution in [-0.2, 0) is 4.79 Å². The molecule has 112 valence electrons. The van der Waals surface area contributed by atoms with Gasteiger partial charge in [0.25, 0.3) is 5.91 Å². The molecule has 0 bridgehead atoms. The average molecular weight is 309 g/mol. The summed E-state index contributed by atoms with van der Waals surface area (Å²) in [6, 6.07) is 4.60. The van der Waals surface area contributed by atoms with Crippen molar-refractivity contribution in [2.45, 2.75) is 24.8 Å². The second-order valence-corrected chi connectivity index (χ2v) is 6.31. The quantitative estimate of drug-likeness (QED) is 0.795. The molecule has 0 N–H and O–H groups in total. The standard InChI is InChI=1S/C16H18ClFN2O/c1-19-9-7-16(8-10-19)6-2-3-15(21)20(16)12-4-5-13(17)14(18)11-12/h2-5,11H,6-10H2,1H3. The Morgan fingerprint density at radius 1 is 1.29 bits per heavy atom. The summed E-state index contributed by atoms with van der Waals surface area (Å²) >= 11 is 5.75. The van der Waals surface area contributed by atoms with Gasteiger partial charge in [0.05, 0.1) is 10.6 Å². The number of hydrogen-bond acceptors (Lipinski definition) is 2. The maximum Gasteiger partial charge on any atom is 0.251 e. The molecular weight excluding hydrogens is 291 g/mol. The Kier molecular flexibility index (Phi) is 3.76. The van der Waals surface area contributed by atoms with Crippen LogP contribution >= 0.6 is 11.6 Å². The zero-order valence-corrected chi connectivity index (χ0v) is 12.7. The smallest absolute Gasteiger partial charge is 0.251 e. The molecule has 3 nitrogen and oxygen atoms in total. The summed E-state index contributed by atoms with van der Waals surface area (Å²) in [5.41, 5.74) is 0.356. The van der Waals surface area contributed by atoms with Crippen molar-refractivity contribution in [2.75, 3.05) is 25.0 Å². The van der Waals surface area contributed by atoms with Gasteiger partial charge in [-0.25, -0.2) is 4.39 Å².